The summed E-state index contributed by atoms with van der Waals surface area (Å²) >= 11 is 0. The van der Waals surface area contributed by atoms with Gasteiger partial charge in [0.15, 0.2) is 0 Å². The first-order valence-corrected chi connectivity index (χ1v) is 9.31. The second-order valence-electron chi connectivity index (χ2n) is 5.52. The van der Waals surface area contributed by atoms with Gasteiger partial charge in [0, 0.05) is 12.1 Å². The lowest BCUT2D eigenvalue weighted by molar-refractivity contribution is -0.122. The minimum Gasteiger partial charge on any atom is -0.350 e. The third kappa shape index (κ3) is 4.76. The number of nitrogens with zero attached hydrogens (tertiary/aromatic N) is 1. The summed E-state index contributed by atoms with van der Waals surface area (Å²) in [6.07, 6.45) is 0.955. The molecule has 2 rings (SSSR count). The standard InChI is InChI=1S/C17H18F2N2O3S/c1-12(17(22)20-11-13-5-3-4-6-16(13)19)21(25(2,23)24)15-9-7-14(18)8-10-15/h3-10,12H,11H2,1-2H3,(H,20,22). The van der Waals surface area contributed by atoms with E-state index in [1.165, 1.54) is 37.3 Å². The van der Waals surface area contributed by atoms with E-state index in [-0.39, 0.29) is 17.8 Å². The summed E-state index contributed by atoms with van der Waals surface area (Å²) in [6.45, 7) is 1.33. The zero-order chi connectivity index (χ0) is 18.6. The van der Waals surface area contributed by atoms with Crippen LogP contribution in [0.15, 0.2) is 48.5 Å². The predicted octanol–water partition coefficient (Wildman–Crippen LogP) is 2.44. The molecule has 0 aliphatic carbocycles. The highest BCUT2D eigenvalue weighted by Crippen LogP contribution is 2.21. The molecule has 0 saturated heterocycles. The summed E-state index contributed by atoms with van der Waals surface area (Å²) in [5, 5.41) is 2.51. The molecule has 134 valence electrons. The molecule has 0 spiro atoms. The van der Waals surface area contributed by atoms with E-state index in [0.29, 0.717) is 0 Å². The fraction of sp³-hybridized carbons (Fsp3) is 0.235. The predicted molar refractivity (Wildman–Crippen MR) is 91.4 cm³/mol. The average Bonchev–Trinajstić information content (AvgIpc) is 2.54. The van der Waals surface area contributed by atoms with Crippen LogP contribution in [0.2, 0.25) is 0 Å². The lowest BCUT2D eigenvalue weighted by Gasteiger charge is -2.28. The van der Waals surface area contributed by atoms with Crippen molar-refractivity contribution in [3.63, 3.8) is 0 Å². The molecule has 0 aliphatic heterocycles. The number of anilines is 1. The molecule has 1 atom stereocenters. The third-order valence-electron chi connectivity index (χ3n) is 3.58. The Morgan fingerprint density at radius 1 is 1.12 bits per heavy atom. The van der Waals surface area contributed by atoms with Gasteiger partial charge in [0.1, 0.15) is 17.7 Å². The molecule has 0 aromatic heterocycles. The molecular weight excluding hydrogens is 350 g/mol. The number of benzene rings is 2. The highest BCUT2D eigenvalue weighted by molar-refractivity contribution is 7.92. The van der Waals surface area contributed by atoms with Crippen molar-refractivity contribution >= 4 is 21.6 Å². The normalized spacial score (nSPS) is 12.5. The molecule has 0 saturated carbocycles. The number of rotatable bonds is 6. The van der Waals surface area contributed by atoms with Crippen LogP contribution in [0, 0.1) is 11.6 Å². The molecule has 0 fully saturated rings. The molecule has 0 heterocycles. The van der Waals surface area contributed by atoms with Crippen LogP contribution in [-0.4, -0.2) is 26.6 Å². The lowest BCUT2D eigenvalue weighted by atomic mass is 10.2. The van der Waals surface area contributed by atoms with E-state index in [1.54, 1.807) is 6.07 Å². The summed E-state index contributed by atoms with van der Waals surface area (Å²) in [5.74, 6) is -1.58. The van der Waals surface area contributed by atoms with E-state index in [9.17, 15) is 22.0 Å². The number of hydrogen-bond donors (Lipinski definition) is 1. The van der Waals surface area contributed by atoms with E-state index >= 15 is 0 Å². The first kappa shape index (κ1) is 18.9. The van der Waals surface area contributed by atoms with Crippen molar-refractivity contribution in [3.05, 3.63) is 65.7 Å². The van der Waals surface area contributed by atoms with Crippen LogP contribution in [-0.2, 0) is 21.4 Å². The van der Waals surface area contributed by atoms with Gasteiger partial charge in [0.2, 0.25) is 15.9 Å². The molecule has 25 heavy (non-hydrogen) atoms. The van der Waals surface area contributed by atoms with Crippen molar-refractivity contribution in [1.29, 1.82) is 0 Å². The quantitative estimate of drug-likeness (QED) is 0.852. The first-order chi connectivity index (χ1) is 11.7. The van der Waals surface area contributed by atoms with E-state index in [0.717, 1.165) is 22.7 Å². The fourth-order valence-corrected chi connectivity index (χ4v) is 3.54. The number of hydrogen-bond acceptors (Lipinski definition) is 3. The van der Waals surface area contributed by atoms with Crippen LogP contribution in [0.5, 0.6) is 0 Å². The SMILES string of the molecule is CC(C(=O)NCc1ccccc1F)N(c1ccc(F)cc1)S(C)(=O)=O. The van der Waals surface area contributed by atoms with Crippen LogP contribution >= 0.6 is 0 Å². The average molecular weight is 368 g/mol. The highest BCUT2D eigenvalue weighted by Gasteiger charge is 2.29. The molecule has 2 aromatic rings. The van der Waals surface area contributed by atoms with Crippen LogP contribution in [0.25, 0.3) is 0 Å². The van der Waals surface area contributed by atoms with E-state index in [4.69, 9.17) is 0 Å². The molecule has 8 heteroatoms. The molecule has 0 radical (unpaired) electrons. The van der Waals surface area contributed by atoms with Gasteiger partial charge in [-0.1, -0.05) is 18.2 Å². The van der Waals surface area contributed by atoms with Gasteiger partial charge < -0.3 is 5.32 Å². The van der Waals surface area contributed by atoms with Crippen molar-refractivity contribution < 1.29 is 22.0 Å². The summed E-state index contributed by atoms with van der Waals surface area (Å²) in [4.78, 5) is 12.3. The van der Waals surface area contributed by atoms with E-state index < -0.39 is 33.6 Å². The Labute approximate surface area is 145 Å². The molecule has 5 nitrogen and oxygen atoms in total. The highest BCUT2D eigenvalue weighted by atomic mass is 32.2. The summed E-state index contributed by atoms with van der Waals surface area (Å²) in [7, 11) is -3.79. The number of halogens is 2. The van der Waals surface area contributed by atoms with Crippen molar-refractivity contribution in [1.82, 2.24) is 5.32 Å². The second kappa shape index (κ2) is 7.60. The minimum atomic E-state index is -3.79. The Morgan fingerprint density at radius 2 is 1.72 bits per heavy atom. The van der Waals surface area contributed by atoms with Gasteiger partial charge in [-0.3, -0.25) is 9.10 Å². The summed E-state index contributed by atoms with van der Waals surface area (Å²) in [6, 6.07) is 9.63. The van der Waals surface area contributed by atoms with Crippen LogP contribution < -0.4 is 9.62 Å². The van der Waals surface area contributed by atoms with Crippen molar-refractivity contribution in [2.75, 3.05) is 10.6 Å². The summed E-state index contributed by atoms with van der Waals surface area (Å²) in [5.41, 5.74) is 0.452. The zero-order valence-corrected chi connectivity index (χ0v) is 14.6. The van der Waals surface area contributed by atoms with Gasteiger partial charge in [0.05, 0.1) is 11.9 Å². The Hall–Kier alpha value is -2.48. The Kier molecular flexibility index (Phi) is 5.73. The van der Waals surface area contributed by atoms with Crippen LogP contribution in [0.4, 0.5) is 14.5 Å². The number of amides is 1. The maximum Gasteiger partial charge on any atom is 0.243 e. The van der Waals surface area contributed by atoms with Gasteiger partial charge in [-0.25, -0.2) is 17.2 Å². The van der Waals surface area contributed by atoms with Crippen molar-refractivity contribution in [3.8, 4) is 0 Å². The van der Waals surface area contributed by atoms with Crippen LogP contribution in [0.3, 0.4) is 0 Å². The summed E-state index contributed by atoms with van der Waals surface area (Å²) < 4.78 is 51.7. The molecule has 2 aromatic carbocycles. The Bertz CT molecular complexity index is 854. The fourth-order valence-electron chi connectivity index (χ4n) is 2.37. The second-order valence-corrected chi connectivity index (χ2v) is 7.38. The largest absolute Gasteiger partial charge is 0.350 e. The molecule has 1 N–H and O–H groups in total. The molecular formula is C17H18F2N2O3S. The van der Waals surface area contributed by atoms with Crippen molar-refractivity contribution in [2.45, 2.75) is 19.5 Å². The van der Waals surface area contributed by atoms with Gasteiger partial charge in [0.25, 0.3) is 0 Å². The van der Waals surface area contributed by atoms with E-state index in [2.05, 4.69) is 5.32 Å². The number of nitrogens with one attached hydrogen (secondary N) is 1. The zero-order valence-electron chi connectivity index (χ0n) is 13.7. The first-order valence-electron chi connectivity index (χ1n) is 7.46. The van der Waals surface area contributed by atoms with Gasteiger partial charge in [-0.05, 0) is 37.3 Å². The molecule has 1 amide bonds. The van der Waals surface area contributed by atoms with Crippen LogP contribution in [0.1, 0.15) is 12.5 Å². The molecule has 0 bridgehead atoms. The Morgan fingerprint density at radius 3 is 2.28 bits per heavy atom. The van der Waals surface area contributed by atoms with Gasteiger partial charge in [-0.2, -0.15) is 0 Å². The van der Waals surface area contributed by atoms with Gasteiger partial charge >= 0.3 is 0 Å². The topological polar surface area (TPSA) is 66.5 Å². The molecule has 0 aliphatic rings. The monoisotopic (exact) mass is 368 g/mol. The van der Waals surface area contributed by atoms with E-state index in [1.807, 2.05) is 0 Å². The molecule has 1 unspecified atom stereocenters. The number of carbonyl (C=O) groups is 1. The maximum absolute atomic E-state index is 13.6. The van der Waals surface area contributed by atoms with Gasteiger partial charge in [-0.15, -0.1) is 0 Å². The number of carbonyl (C=O) groups excluding carboxylic acids is 1. The lowest BCUT2D eigenvalue weighted by Crippen LogP contribution is -2.47. The maximum atomic E-state index is 13.6. The number of sulfonamides is 1. The van der Waals surface area contributed by atoms with Crippen molar-refractivity contribution in [2.24, 2.45) is 0 Å². The Balaban J connectivity index is 2.18. The third-order valence-corrected chi connectivity index (χ3v) is 4.82. The smallest absolute Gasteiger partial charge is 0.243 e. The minimum absolute atomic E-state index is 0.0726.